The van der Waals surface area contributed by atoms with Crippen molar-refractivity contribution in [2.45, 2.75) is 31.3 Å². The van der Waals surface area contributed by atoms with Gasteiger partial charge in [0.1, 0.15) is 16.3 Å². The van der Waals surface area contributed by atoms with Crippen LogP contribution in [-0.2, 0) is 14.9 Å². The van der Waals surface area contributed by atoms with E-state index in [0.29, 0.717) is 12.1 Å². The van der Waals surface area contributed by atoms with Crippen molar-refractivity contribution in [3.8, 4) is 0 Å². The van der Waals surface area contributed by atoms with E-state index in [1.807, 2.05) is 0 Å². The molecule has 9 heteroatoms. The summed E-state index contributed by atoms with van der Waals surface area (Å²) in [4.78, 5) is 16.1. The SMILES string of the molecule is CC(C)(C)ONS(=O)(=O)c1ccc(F)c(C(=O)O)c1F. The van der Waals surface area contributed by atoms with E-state index in [1.165, 1.54) is 0 Å². The average Bonchev–Trinajstić information content (AvgIpc) is 2.24. The minimum Gasteiger partial charge on any atom is -0.477 e. The summed E-state index contributed by atoms with van der Waals surface area (Å²) < 4.78 is 50.6. The first-order chi connectivity index (χ1) is 8.96. The molecule has 2 N–H and O–H groups in total. The Morgan fingerprint density at radius 3 is 2.30 bits per heavy atom. The van der Waals surface area contributed by atoms with Crippen LogP contribution in [0.15, 0.2) is 17.0 Å². The zero-order chi connectivity index (χ0) is 15.7. The Balaban J connectivity index is 3.27. The fraction of sp³-hybridized carbons (Fsp3) is 0.364. The van der Waals surface area contributed by atoms with Crippen molar-refractivity contribution >= 4 is 16.0 Å². The smallest absolute Gasteiger partial charge is 0.341 e. The van der Waals surface area contributed by atoms with Crippen LogP contribution in [0.1, 0.15) is 31.1 Å². The highest BCUT2D eigenvalue weighted by Gasteiger charge is 2.28. The van der Waals surface area contributed by atoms with Gasteiger partial charge in [-0.3, -0.25) is 4.84 Å². The summed E-state index contributed by atoms with van der Waals surface area (Å²) in [5.41, 5.74) is -2.23. The van der Waals surface area contributed by atoms with Crippen molar-refractivity contribution in [3.63, 3.8) is 0 Å². The molecule has 0 aliphatic rings. The van der Waals surface area contributed by atoms with Crippen molar-refractivity contribution in [2.75, 3.05) is 0 Å². The molecule has 0 radical (unpaired) electrons. The minimum atomic E-state index is -4.47. The van der Waals surface area contributed by atoms with Crippen LogP contribution in [0.4, 0.5) is 8.78 Å². The molecule has 1 aromatic rings. The Bertz CT molecular complexity index is 637. The van der Waals surface area contributed by atoms with Crippen LogP contribution in [0.25, 0.3) is 0 Å². The molecule has 0 saturated carbocycles. The topological polar surface area (TPSA) is 92.7 Å². The van der Waals surface area contributed by atoms with Crippen molar-refractivity contribution in [1.82, 2.24) is 4.89 Å². The van der Waals surface area contributed by atoms with Gasteiger partial charge in [-0.15, -0.1) is 0 Å². The lowest BCUT2D eigenvalue weighted by Gasteiger charge is -2.19. The van der Waals surface area contributed by atoms with Crippen LogP contribution in [0, 0.1) is 11.6 Å². The summed E-state index contributed by atoms with van der Waals surface area (Å²) in [6, 6.07) is 1.17. The molecule has 0 spiro atoms. The second kappa shape index (κ2) is 5.43. The number of hydrogen-bond donors (Lipinski definition) is 2. The highest BCUT2D eigenvalue weighted by atomic mass is 32.2. The molecule has 112 valence electrons. The average molecular weight is 309 g/mol. The normalized spacial score (nSPS) is 12.4. The van der Waals surface area contributed by atoms with Crippen molar-refractivity contribution in [1.29, 1.82) is 0 Å². The maximum Gasteiger partial charge on any atom is 0.341 e. The maximum atomic E-state index is 13.8. The van der Waals surface area contributed by atoms with Gasteiger partial charge in [0.15, 0.2) is 5.82 Å². The Labute approximate surface area is 114 Å². The fourth-order valence-electron chi connectivity index (χ4n) is 1.16. The van der Waals surface area contributed by atoms with Gasteiger partial charge in [-0.2, -0.15) is 0 Å². The van der Waals surface area contributed by atoms with E-state index in [1.54, 1.807) is 25.7 Å². The summed E-state index contributed by atoms with van der Waals surface area (Å²) >= 11 is 0. The quantitative estimate of drug-likeness (QED) is 0.825. The molecule has 6 nitrogen and oxygen atoms in total. The summed E-state index contributed by atoms with van der Waals surface area (Å²) in [5, 5.41) is 8.67. The standard InChI is InChI=1S/C11H13F2NO5S/c1-11(2,3)19-14-20(17,18)7-5-4-6(12)8(9(7)13)10(15)16/h4-5,14H,1-3H3,(H,15,16). The van der Waals surface area contributed by atoms with Gasteiger partial charge in [-0.25, -0.2) is 22.0 Å². The number of benzene rings is 1. The molecule has 0 saturated heterocycles. The van der Waals surface area contributed by atoms with E-state index in [2.05, 4.69) is 0 Å². The van der Waals surface area contributed by atoms with E-state index >= 15 is 0 Å². The molecule has 20 heavy (non-hydrogen) atoms. The molecule has 1 aromatic carbocycles. The Kier molecular flexibility index (Phi) is 4.47. The summed E-state index contributed by atoms with van der Waals surface area (Å²) in [6.07, 6.45) is 0. The summed E-state index contributed by atoms with van der Waals surface area (Å²) in [5.74, 6) is -4.97. The van der Waals surface area contributed by atoms with E-state index in [4.69, 9.17) is 9.94 Å². The predicted molar refractivity (Wildman–Crippen MR) is 64.5 cm³/mol. The number of halogens is 2. The number of aromatic carboxylic acids is 1. The number of nitrogens with one attached hydrogen (secondary N) is 1. The van der Waals surface area contributed by atoms with Gasteiger partial charge < -0.3 is 5.11 Å². The number of sulfonamides is 1. The third-order valence-corrected chi connectivity index (χ3v) is 3.21. The van der Waals surface area contributed by atoms with Gasteiger partial charge >= 0.3 is 5.97 Å². The van der Waals surface area contributed by atoms with Crippen LogP contribution in [0.2, 0.25) is 0 Å². The van der Waals surface area contributed by atoms with Gasteiger partial charge in [0.05, 0.1) is 5.60 Å². The molecular weight excluding hydrogens is 296 g/mol. The summed E-state index contributed by atoms with van der Waals surface area (Å²) in [6.45, 7) is 4.62. The van der Waals surface area contributed by atoms with Crippen LogP contribution in [0.5, 0.6) is 0 Å². The third-order valence-electron chi connectivity index (χ3n) is 2.02. The lowest BCUT2D eigenvalue weighted by molar-refractivity contribution is -0.0358. The van der Waals surface area contributed by atoms with Gasteiger partial charge in [0, 0.05) is 0 Å². The zero-order valence-electron chi connectivity index (χ0n) is 10.9. The van der Waals surface area contributed by atoms with Gasteiger partial charge in [0.25, 0.3) is 10.0 Å². The third kappa shape index (κ3) is 3.71. The van der Waals surface area contributed by atoms with Crippen molar-refractivity contribution in [2.24, 2.45) is 0 Å². The Morgan fingerprint density at radius 2 is 1.85 bits per heavy atom. The Morgan fingerprint density at radius 1 is 1.30 bits per heavy atom. The number of rotatable bonds is 4. The molecule has 0 amide bonds. The van der Waals surface area contributed by atoms with Gasteiger partial charge in [-0.1, -0.05) is 4.89 Å². The van der Waals surface area contributed by atoms with Gasteiger partial charge in [-0.05, 0) is 32.9 Å². The molecule has 0 unspecified atom stereocenters. The molecule has 0 aliphatic heterocycles. The van der Waals surface area contributed by atoms with Crippen LogP contribution >= 0.6 is 0 Å². The Hall–Kier alpha value is -1.58. The van der Waals surface area contributed by atoms with Crippen molar-refractivity contribution < 1.29 is 31.9 Å². The molecule has 1 rings (SSSR count). The molecule has 0 heterocycles. The highest BCUT2D eigenvalue weighted by Crippen LogP contribution is 2.21. The van der Waals surface area contributed by atoms with E-state index in [-0.39, 0.29) is 0 Å². The number of carbonyl (C=O) groups is 1. The maximum absolute atomic E-state index is 13.8. The lowest BCUT2D eigenvalue weighted by Crippen LogP contribution is -2.34. The first-order valence-electron chi connectivity index (χ1n) is 5.37. The molecule has 0 aromatic heterocycles. The second-order valence-electron chi connectivity index (χ2n) is 4.84. The zero-order valence-corrected chi connectivity index (χ0v) is 11.7. The second-order valence-corrected chi connectivity index (χ2v) is 6.45. The van der Waals surface area contributed by atoms with Crippen LogP contribution in [0.3, 0.4) is 0 Å². The largest absolute Gasteiger partial charge is 0.477 e. The molecule has 0 fully saturated rings. The first-order valence-corrected chi connectivity index (χ1v) is 6.85. The summed E-state index contributed by atoms with van der Waals surface area (Å²) in [7, 11) is -4.47. The van der Waals surface area contributed by atoms with E-state index in [0.717, 1.165) is 0 Å². The van der Waals surface area contributed by atoms with Crippen LogP contribution < -0.4 is 4.89 Å². The minimum absolute atomic E-state index is 0.554. The molecule has 0 bridgehead atoms. The monoisotopic (exact) mass is 309 g/mol. The fourth-order valence-corrected chi connectivity index (χ4v) is 2.20. The van der Waals surface area contributed by atoms with Gasteiger partial charge in [0.2, 0.25) is 0 Å². The van der Waals surface area contributed by atoms with E-state index < -0.39 is 43.7 Å². The number of carboxylic acid groups (broad SMARTS) is 1. The molecule has 0 aliphatic carbocycles. The highest BCUT2D eigenvalue weighted by molar-refractivity contribution is 7.89. The van der Waals surface area contributed by atoms with Crippen LogP contribution in [-0.4, -0.2) is 25.1 Å². The van der Waals surface area contributed by atoms with Crippen molar-refractivity contribution in [3.05, 3.63) is 29.3 Å². The predicted octanol–water partition coefficient (Wildman–Crippen LogP) is 1.67. The number of carboxylic acids is 1. The number of hydrogen-bond acceptors (Lipinski definition) is 4. The molecule has 0 atom stereocenters. The first kappa shape index (κ1) is 16.5. The van der Waals surface area contributed by atoms with E-state index in [9.17, 15) is 22.0 Å². The lowest BCUT2D eigenvalue weighted by atomic mass is 10.2. The molecular formula is C11H13F2NO5S.